The molecule has 6 heteroatoms. The van der Waals surface area contributed by atoms with E-state index in [1.807, 2.05) is 20.1 Å². The number of hydrogen-bond acceptors (Lipinski definition) is 2. The van der Waals surface area contributed by atoms with E-state index in [0.29, 0.717) is 12.3 Å². The Hall–Kier alpha value is -0.650. The normalized spacial score (nSPS) is 17.9. The van der Waals surface area contributed by atoms with E-state index < -0.39 is 12.1 Å². The zero-order chi connectivity index (χ0) is 13.2. The summed E-state index contributed by atoms with van der Waals surface area (Å²) in [5, 5.41) is 0. The molecule has 0 fully saturated rings. The summed E-state index contributed by atoms with van der Waals surface area (Å²) in [5.41, 5.74) is 1.17. The van der Waals surface area contributed by atoms with Crippen LogP contribution in [0.15, 0.2) is 10.5 Å². The van der Waals surface area contributed by atoms with Crippen LogP contribution in [0.3, 0.4) is 0 Å². The molecule has 0 saturated carbocycles. The average molecular weight is 267 g/mol. The number of carbonyl (C=O) groups is 1. The van der Waals surface area contributed by atoms with Gasteiger partial charge in [0.25, 0.3) is 0 Å². The van der Waals surface area contributed by atoms with Crippen molar-refractivity contribution in [3.63, 3.8) is 0 Å². The van der Waals surface area contributed by atoms with Gasteiger partial charge in [-0.25, -0.2) is 0 Å². The van der Waals surface area contributed by atoms with E-state index >= 15 is 0 Å². The molecule has 1 aliphatic rings. The molecule has 0 saturated heterocycles. The predicted molar refractivity (Wildman–Crippen MR) is 62.6 cm³/mol. The molecule has 0 aromatic carbocycles. The Labute approximate surface area is 103 Å². The lowest BCUT2D eigenvalue weighted by atomic mass is 9.96. The largest absolute Gasteiger partial charge is 0.471 e. The van der Waals surface area contributed by atoms with E-state index in [0.717, 1.165) is 9.81 Å². The predicted octanol–water partition coefficient (Wildman–Crippen LogP) is 3.05. The SMILES string of the molecule is CSC1=C(C(C)C)CCN(C(=O)C(F)(F)F)C1. The van der Waals surface area contributed by atoms with Crippen molar-refractivity contribution in [1.82, 2.24) is 4.90 Å². The van der Waals surface area contributed by atoms with Gasteiger partial charge < -0.3 is 4.90 Å². The molecule has 0 radical (unpaired) electrons. The zero-order valence-corrected chi connectivity index (χ0v) is 10.9. The highest BCUT2D eigenvalue weighted by atomic mass is 32.2. The number of hydrogen-bond donors (Lipinski definition) is 0. The quantitative estimate of drug-likeness (QED) is 0.766. The number of rotatable bonds is 2. The molecule has 2 nitrogen and oxygen atoms in total. The highest BCUT2D eigenvalue weighted by Gasteiger charge is 2.43. The Morgan fingerprint density at radius 1 is 1.41 bits per heavy atom. The minimum absolute atomic E-state index is 0.0903. The molecule has 1 aliphatic heterocycles. The summed E-state index contributed by atoms with van der Waals surface area (Å²) in [6, 6.07) is 0. The third-order valence-corrected chi connectivity index (χ3v) is 3.70. The van der Waals surface area contributed by atoms with Crippen molar-refractivity contribution in [3.05, 3.63) is 10.5 Å². The number of alkyl halides is 3. The average Bonchev–Trinajstić information content (AvgIpc) is 2.25. The van der Waals surface area contributed by atoms with Crippen molar-refractivity contribution in [1.29, 1.82) is 0 Å². The third-order valence-electron chi connectivity index (χ3n) is 2.82. The Bertz CT molecular complexity index is 336. The van der Waals surface area contributed by atoms with Gasteiger partial charge in [0.15, 0.2) is 0 Å². The Morgan fingerprint density at radius 2 is 2.00 bits per heavy atom. The number of halogens is 3. The summed E-state index contributed by atoms with van der Waals surface area (Å²) < 4.78 is 36.9. The highest BCUT2D eigenvalue weighted by molar-refractivity contribution is 8.02. The Morgan fingerprint density at radius 3 is 2.41 bits per heavy atom. The molecular weight excluding hydrogens is 251 g/mol. The first-order valence-corrected chi connectivity index (χ1v) is 6.61. The number of nitrogens with zero attached hydrogens (tertiary/aromatic N) is 1. The lowest BCUT2D eigenvalue weighted by Gasteiger charge is -2.32. The van der Waals surface area contributed by atoms with E-state index in [9.17, 15) is 18.0 Å². The molecule has 0 aromatic rings. The second-order valence-electron chi connectivity index (χ2n) is 4.28. The lowest BCUT2D eigenvalue weighted by Crippen LogP contribution is -2.44. The first kappa shape index (κ1) is 14.4. The van der Waals surface area contributed by atoms with E-state index in [2.05, 4.69) is 0 Å². The molecule has 98 valence electrons. The third kappa shape index (κ3) is 3.40. The summed E-state index contributed by atoms with van der Waals surface area (Å²) in [6.45, 7) is 4.29. The molecule has 17 heavy (non-hydrogen) atoms. The molecule has 0 atom stereocenters. The van der Waals surface area contributed by atoms with Crippen molar-refractivity contribution in [3.8, 4) is 0 Å². The molecule has 1 rings (SSSR count). The van der Waals surface area contributed by atoms with Gasteiger partial charge in [-0.15, -0.1) is 11.8 Å². The molecule has 1 amide bonds. The molecule has 1 heterocycles. The van der Waals surface area contributed by atoms with Gasteiger partial charge in [-0.2, -0.15) is 13.2 Å². The summed E-state index contributed by atoms with van der Waals surface area (Å²) in [7, 11) is 0. The van der Waals surface area contributed by atoms with Crippen LogP contribution in [0.5, 0.6) is 0 Å². The van der Waals surface area contributed by atoms with Crippen LogP contribution in [0.2, 0.25) is 0 Å². The van der Waals surface area contributed by atoms with Crippen LogP contribution in [-0.2, 0) is 4.79 Å². The fourth-order valence-electron chi connectivity index (χ4n) is 1.91. The van der Waals surface area contributed by atoms with Crippen LogP contribution >= 0.6 is 11.8 Å². The van der Waals surface area contributed by atoms with Gasteiger partial charge >= 0.3 is 12.1 Å². The van der Waals surface area contributed by atoms with Gasteiger partial charge in [-0.3, -0.25) is 4.79 Å². The minimum atomic E-state index is -4.77. The zero-order valence-electron chi connectivity index (χ0n) is 10.1. The molecule has 0 aromatic heterocycles. The summed E-state index contributed by atoms with van der Waals surface area (Å²) >= 11 is 1.43. The van der Waals surface area contributed by atoms with Gasteiger partial charge in [0.1, 0.15) is 0 Å². The molecular formula is C11H16F3NOS. The van der Waals surface area contributed by atoms with Crippen LogP contribution in [-0.4, -0.2) is 36.3 Å². The monoisotopic (exact) mass is 267 g/mol. The second-order valence-corrected chi connectivity index (χ2v) is 5.18. The standard InChI is InChI=1S/C11H16F3NOS/c1-7(2)8-4-5-15(6-9(8)17-3)10(16)11(12,13)14/h7H,4-6H2,1-3H3. The van der Waals surface area contributed by atoms with E-state index in [1.54, 1.807) is 0 Å². The van der Waals surface area contributed by atoms with Crippen molar-refractivity contribution >= 4 is 17.7 Å². The van der Waals surface area contributed by atoms with Gasteiger partial charge in [-0.05, 0) is 18.6 Å². The highest BCUT2D eigenvalue weighted by Crippen LogP contribution is 2.32. The first-order valence-electron chi connectivity index (χ1n) is 5.39. The van der Waals surface area contributed by atoms with Crippen molar-refractivity contribution < 1.29 is 18.0 Å². The fraction of sp³-hybridized carbons (Fsp3) is 0.727. The van der Waals surface area contributed by atoms with Crippen LogP contribution in [0.1, 0.15) is 20.3 Å². The molecule has 0 aliphatic carbocycles. The lowest BCUT2D eigenvalue weighted by molar-refractivity contribution is -0.185. The topological polar surface area (TPSA) is 20.3 Å². The number of carbonyl (C=O) groups excluding carboxylic acids is 1. The van der Waals surface area contributed by atoms with Crippen LogP contribution in [0.4, 0.5) is 13.2 Å². The van der Waals surface area contributed by atoms with E-state index in [1.165, 1.54) is 17.3 Å². The smallest absolute Gasteiger partial charge is 0.330 e. The molecule has 0 unspecified atom stereocenters. The molecule has 0 N–H and O–H groups in total. The summed E-state index contributed by atoms with van der Waals surface area (Å²) in [5.74, 6) is -1.41. The van der Waals surface area contributed by atoms with Gasteiger partial charge in [0.2, 0.25) is 0 Å². The number of thioether (sulfide) groups is 1. The van der Waals surface area contributed by atoms with Crippen LogP contribution in [0.25, 0.3) is 0 Å². The Kier molecular flexibility index (Phi) is 4.52. The Balaban J connectivity index is 2.84. The van der Waals surface area contributed by atoms with Crippen molar-refractivity contribution in [2.24, 2.45) is 5.92 Å². The number of amides is 1. The van der Waals surface area contributed by atoms with Gasteiger partial charge in [0.05, 0.1) is 6.54 Å². The van der Waals surface area contributed by atoms with Crippen LogP contribution in [0, 0.1) is 5.92 Å². The van der Waals surface area contributed by atoms with Crippen molar-refractivity contribution in [2.45, 2.75) is 26.4 Å². The first-order chi connectivity index (χ1) is 7.77. The fourth-order valence-corrected chi connectivity index (χ4v) is 2.79. The maximum absolute atomic E-state index is 12.3. The van der Waals surface area contributed by atoms with E-state index in [4.69, 9.17) is 0 Å². The summed E-state index contributed by atoms with van der Waals surface area (Å²) in [4.78, 5) is 12.9. The minimum Gasteiger partial charge on any atom is -0.330 e. The molecule has 0 bridgehead atoms. The van der Waals surface area contributed by atoms with Crippen molar-refractivity contribution in [2.75, 3.05) is 19.3 Å². The maximum Gasteiger partial charge on any atom is 0.471 e. The van der Waals surface area contributed by atoms with Crippen LogP contribution < -0.4 is 0 Å². The summed E-state index contributed by atoms with van der Waals surface area (Å²) in [6.07, 6.45) is -2.40. The van der Waals surface area contributed by atoms with Gasteiger partial charge in [0, 0.05) is 11.4 Å². The van der Waals surface area contributed by atoms with E-state index in [-0.39, 0.29) is 13.1 Å². The maximum atomic E-state index is 12.3. The molecule has 0 spiro atoms. The van der Waals surface area contributed by atoms with Gasteiger partial charge in [-0.1, -0.05) is 19.4 Å². The second kappa shape index (κ2) is 5.33.